The van der Waals surface area contributed by atoms with E-state index in [1.807, 2.05) is 34.7 Å². The van der Waals surface area contributed by atoms with Gasteiger partial charge < -0.3 is 20.3 Å². The number of hydrogen-bond acceptors (Lipinski definition) is 5. The van der Waals surface area contributed by atoms with Gasteiger partial charge in [-0.15, -0.1) is 0 Å². The number of rotatable bonds is 6. The fourth-order valence-electron chi connectivity index (χ4n) is 1.97. The van der Waals surface area contributed by atoms with E-state index in [9.17, 15) is 4.79 Å². The predicted octanol–water partition coefficient (Wildman–Crippen LogP) is 1.13. The van der Waals surface area contributed by atoms with Crippen LogP contribution in [0.4, 0.5) is 4.79 Å². The summed E-state index contributed by atoms with van der Waals surface area (Å²) >= 11 is 0. The Morgan fingerprint density at radius 2 is 2.12 bits per heavy atom. The number of carbonyl (C=O) groups is 1. The average Bonchev–Trinajstić information content (AvgIpc) is 2.93. The molecule has 1 heterocycles. The summed E-state index contributed by atoms with van der Waals surface area (Å²) in [6, 6.07) is 0.0409. The van der Waals surface area contributed by atoms with Gasteiger partial charge in [0, 0.05) is 33.7 Å². The van der Waals surface area contributed by atoms with E-state index in [1.165, 1.54) is 6.33 Å². The average molecular weight is 353 g/mol. The summed E-state index contributed by atoms with van der Waals surface area (Å²) in [6.45, 7) is 8.77. The molecule has 0 bridgehead atoms. The van der Waals surface area contributed by atoms with Gasteiger partial charge in [0.2, 0.25) is 0 Å². The molecule has 0 saturated heterocycles. The number of carbonyl (C=O) groups excluding carboxylic acids is 1. The molecule has 1 unspecified atom stereocenters. The number of ether oxygens (including phenoxy) is 1. The molecule has 142 valence electrons. The van der Waals surface area contributed by atoms with Crippen molar-refractivity contribution in [3.05, 3.63) is 12.2 Å². The molecule has 25 heavy (non-hydrogen) atoms. The van der Waals surface area contributed by atoms with Gasteiger partial charge in [0.25, 0.3) is 0 Å². The Kier molecular flexibility index (Phi) is 7.66. The van der Waals surface area contributed by atoms with Gasteiger partial charge in [-0.25, -0.2) is 9.78 Å². The van der Waals surface area contributed by atoms with Crippen molar-refractivity contribution in [2.45, 2.75) is 52.3 Å². The Morgan fingerprint density at radius 3 is 2.64 bits per heavy atom. The molecule has 1 aromatic rings. The highest BCUT2D eigenvalue weighted by Gasteiger charge is 2.22. The summed E-state index contributed by atoms with van der Waals surface area (Å²) in [5.41, 5.74) is -0.491. The fourth-order valence-corrected chi connectivity index (χ4v) is 1.97. The number of aliphatic imine (C=N–C) groups is 1. The van der Waals surface area contributed by atoms with Crippen molar-refractivity contribution in [1.82, 2.24) is 30.3 Å². The van der Waals surface area contributed by atoms with E-state index in [-0.39, 0.29) is 12.1 Å². The largest absolute Gasteiger partial charge is 0.444 e. The van der Waals surface area contributed by atoms with Crippen molar-refractivity contribution in [3.8, 4) is 0 Å². The first kappa shape index (κ1) is 20.7. The number of aryl methyl sites for hydroxylation is 1. The number of amides is 1. The zero-order valence-corrected chi connectivity index (χ0v) is 16.3. The third-order valence-electron chi connectivity index (χ3n) is 3.64. The van der Waals surface area contributed by atoms with E-state index < -0.39 is 5.60 Å². The Balaban J connectivity index is 2.36. The number of guanidine groups is 1. The molecule has 1 atom stereocenters. The Hall–Kier alpha value is -2.32. The smallest absolute Gasteiger partial charge is 0.410 e. The van der Waals surface area contributed by atoms with Crippen LogP contribution in [-0.2, 0) is 18.3 Å². The molecule has 1 rings (SSSR count). The van der Waals surface area contributed by atoms with Crippen LogP contribution in [0.1, 0.15) is 39.9 Å². The molecule has 0 radical (unpaired) electrons. The Bertz CT molecular complexity index is 577. The summed E-state index contributed by atoms with van der Waals surface area (Å²) in [7, 11) is 5.30. The number of nitrogens with one attached hydrogen (secondary N) is 2. The highest BCUT2D eigenvalue weighted by Crippen LogP contribution is 2.11. The van der Waals surface area contributed by atoms with Crippen LogP contribution in [0.15, 0.2) is 11.3 Å². The van der Waals surface area contributed by atoms with Crippen LogP contribution in [0.2, 0.25) is 0 Å². The Morgan fingerprint density at radius 1 is 1.44 bits per heavy atom. The second kappa shape index (κ2) is 9.24. The van der Waals surface area contributed by atoms with Gasteiger partial charge in [-0.05, 0) is 34.1 Å². The summed E-state index contributed by atoms with van der Waals surface area (Å²) < 4.78 is 7.08. The van der Waals surface area contributed by atoms with Gasteiger partial charge >= 0.3 is 6.09 Å². The van der Waals surface area contributed by atoms with Crippen LogP contribution < -0.4 is 10.6 Å². The molecule has 0 fully saturated rings. The van der Waals surface area contributed by atoms with E-state index in [0.717, 1.165) is 12.2 Å². The molecule has 0 aliphatic heterocycles. The number of aromatic nitrogens is 3. The van der Waals surface area contributed by atoms with E-state index in [1.54, 1.807) is 23.7 Å². The van der Waals surface area contributed by atoms with Gasteiger partial charge in [0.15, 0.2) is 5.96 Å². The summed E-state index contributed by atoms with van der Waals surface area (Å²) in [5.74, 6) is 1.50. The standard InChI is InChI=1S/C16H31N7O2/c1-12(22(6)15(24)25-16(2,3)4)8-9-18-14(17-5)19-10-13-20-11-21-23(13)7/h11-12H,8-10H2,1-7H3,(H2,17,18,19). The number of hydrogen-bond donors (Lipinski definition) is 2. The van der Waals surface area contributed by atoms with Crippen LogP contribution in [0.3, 0.4) is 0 Å². The van der Waals surface area contributed by atoms with Crippen molar-refractivity contribution >= 4 is 12.1 Å². The quantitative estimate of drug-likeness (QED) is 0.588. The van der Waals surface area contributed by atoms with Gasteiger partial charge in [-0.1, -0.05) is 0 Å². The molecule has 0 aromatic carbocycles. The molecular weight excluding hydrogens is 322 g/mol. The zero-order chi connectivity index (χ0) is 19.0. The molecule has 0 aliphatic carbocycles. The molecule has 0 aliphatic rings. The van der Waals surface area contributed by atoms with Crippen LogP contribution in [0, 0.1) is 0 Å². The minimum absolute atomic E-state index is 0.0409. The van der Waals surface area contributed by atoms with Gasteiger partial charge in [0.1, 0.15) is 17.8 Å². The normalized spacial score (nSPS) is 13.3. The first-order chi connectivity index (χ1) is 11.6. The lowest BCUT2D eigenvalue weighted by Gasteiger charge is -2.28. The van der Waals surface area contributed by atoms with Gasteiger partial charge in [-0.2, -0.15) is 5.10 Å². The third-order valence-corrected chi connectivity index (χ3v) is 3.64. The lowest BCUT2D eigenvalue weighted by Crippen LogP contribution is -2.42. The minimum atomic E-state index is -0.491. The maximum atomic E-state index is 12.1. The van der Waals surface area contributed by atoms with Crippen LogP contribution in [-0.4, -0.2) is 64.0 Å². The summed E-state index contributed by atoms with van der Waals surface area (Å²) in [4.78, 5) is 22.0. The lowest BCUT2D eigenvalue weighted by atomic mass is 10.2. The molecule has 1 amide bonds. The van der Waals surface area contributed by atoms with Gasteiger partial charge in [-0.3, -0.25) is 9.67 Å². The second-order valence-corrected chi connectivity index (χ2v) is 6.88. The molecule has 9 heteroatoms. The molecule has 1 aromatic heterocycles. The van der Waals surface area contributed by atoms with Crippen molar-refractivity contribution in [3.63, 3.8) is 0 Å². The highest BCUT2D eigenvalue weighted by molar-refractivity contribution is 5.79. The van der Waals surface area contributed by atoms with Gasteiger partial charge in [0.05, 0.1) is 6.54 Å². The Labute approximate surface area is 149 Å². The summed E-state index contributed by atoms with van der Waals surface area (Å²) in [6.07, 6.45) is 1.96. The maximum Gasteiger partial charge on any atom is 0.410 e. The molecular formula is C16H31N7O2. The first-order valence-electron chi connectivity index (χ1n) is 8.37. The monoisotopic (exact) mass is 353 g/mol. The first-order valence-corrected chi connectivity index (χ1v) is 8.37. The second-order valence-electron chi connectivity index (χ2n) is 6.88. The summed E-state index contributed by atoms with van der Waals surface area (Å²) in [5, 5.41) is 10.4. The fraction of sp³-hybridized carbons (Fsp3) is 0.750. The van der Waals surface area contributed by atoms with Crippen molar-refractivity contribution in [1.29, 1.82) is 0 Å². The predicted molar refractivity (Wildman–Crippen MR) is 97.3 cm³/mol. The molecule has 0 saturated carbocycles. The highest BCUT2D eigenvalue weighted by atomic mass is 16.6. The third kappa shape index (κ3) is 7.40. The van der Waals surface area contributed by atoms with E-state index in [2.05, 4.69) is 25.7 Å². The van der Waals surface area contributed by atoms with E-state index in [4.69, 9.17) is 4.74 Å². The lowest BCUT2D eigenvalue weighted by molar-refractivity contribution is 0.0230. The van der Waals surface area contributed by atoms with Crippen LogP contribution >= 0.6 is 0 Å². The topological polar surface area (TPSA) is 96.7 Å². The SMILES string of the molecule is CN=C(NCCC(C)N(C)C(=O)OC(C)(C)C)NCc1ncnn1C. The van der Waals surface area contributed by atoms with Crippen molar-refractivity contribution in [2.75, 3.05) is 20.6 Å². The molecule has 0 spiro atoms. The van der Waals surface area contributed by atoms with Crippen molar-refractivity contribution < 1.29 is 9.53 Å². The number of nitrogens with zero attached hydrogens (tertiary/aromatic N) is 5. The molecule has 9 nitrogen and oxygen atoms in total. The zero-order valence-electron chi connectivity index (χ0n) is 16.3. The van der Waals surface area contributed by atoms with E-state index in [0.29, 0.717) is 19.0 Å². The molecule has 2 N–H and O–H groups in total. The minimum Gasteiger partial charge on any atom is -0.444 e. The van der Waals surface area contributed by atoms with Crippen LogP contribution in [0.25, 0.3) is 0 Å². The maximum absolute atomic E-state index is 12.1. The van der Waals surface area contributed by atoms with E-state index >= 15 is 0 Å². The van der Waals surface area contributed by atoms with Crippen molar-refractivity contribution in [2.24, 2.45) is 12.0 Å². The van der Waals surface area contributed by atoms with Crippen LogP contribution in [0.5, 0.6) is 0 Å².